The predicted octanol–water partition coefficient (Wildman–Crippen LogP) is 0.751. The van der Waals surface area contributed by atoms with Gasteiger partial charge in [0.2, 0.25) is 5.91 Å². The van der Waals surface area contributed by atoms with Crippen LogP contribution in [0.2, 0.25) is 5.02 Å². The van der Waals surface area contributed by atoms with Crippen molar-refractivity contribution in [2.45, 2.75) is 57.8 Å². The van der Waals surface area contributed by atoms with E-state index in [4.69, 9.17) is 17.3 Å². The van der Waals surface area contributed by atoms with Crippen LogP contribution in [0, 0.1) is 23.7 Å². The SMILES string of the molecule is CCN(Cc1cc(O)c2c(c1Cl)C[C@H]1C[C@H]3[C@H](N(C)C)C(=O)C(C(N)=O)C(=O)[C@@]3(O)C(=O)C1C2=O)C(C)C. The molecule has 2 saturated carbocycles. The highest BCUT2D eigenvalue weighted by Gasteiger charge is 2.69. The normalized spacial score (nSPS) is 31.1. The van der Waals surface area contributed by atoms with Crippen LogP contribution in [-0.4, -0.2) is 87.4 Å². The number of hydrogen-bond donors (Lipinski definition) is 3. The first-order valence-electron chi connectivity index (χ1n) is 12.8. The number of nitrogens with zero attached hydrogens (tertiary/aromatic N) is 2. The Balaban J connectivity index is 1.82. The molecule has 0 bridgehead atoms. The van der Waals surface area contributed by atoms with Crippen molar-refractivity contribution in [1.82, 2.24) is 9.80 Å². The Morgan fingerprint density at radius 2 is 1.84 bits per heavy atom. The van der Waals surface area contributed by atoms with Crippen LogP contribution in [0.4, 0.5) is 0 Å². The third-order valence-corrected chi connectivity index (χ3v) is 9.05. The quantitative estimate of drug-likeness (QED) is 0.437. The number of phenols is 1. The number of ketones is 4. The van der Waals surface area contributed by atoms with Crippen molar-refractivity contribution in [3.05, 3.63) is 27.8 Å². The number of likely N-dealkylation sites (N-methyl/N-ethyl adjacent to an activating group) is 1. The highest BCUT2D eigenvalue weighted by atomic mass is 35.5. The van der Waals surface area contributed by atoms with E-state index in [2.05, 4.69) is 4.90 Å². The smallest absolute Gasteiger partial charge is 0.235 e. The summed E-state index contributed by atoms with van der Waals surface area (Å²) in [5.41, 5.74) is 3.55. The first-order valence-corrected chi connectivity index (χ1v) is 13.2. The number of rotatable bonds is 6. The van der Waals surface area contributed by atoms with Gasteiger partial charge in [0, 0.05) is 23.5 Å². The maximum absolute atomic E-state index is 13.8. The van der Waals surface area contributed by atoms with Crippen molar-refractivity contribution in [2.24, 2.45) is 29.4 Å². The lowest BCUT2D eigenvalue weighted by molar-refractivity contribution is -0.181. The van der Waals surface area contributed by atoms with Gasteiger partial charge in [0.1, 0.15) is 5.75 Å². The summed E-state index contributed by atoms with van der Waals surface area (Å²) in [6, 6.07) is 0.489. The zero-order chi connectivity index (χ0) is 28.4. The van der Waals surface area contributed by atoms with Gasteiger partial charge in [-0.2, -0.15) is 0 Å². The Morgan fingerprint density at radius 1 is 1.21 bits per heavy atom. The Morgan fingerprint density at radius 3 is 2.37 bits per heavy atom. The molecular weight excluding hydrogens is 514 g/mol. The lowest BCUT2D eigenvalue weighted by atomic mass is 9.52. The van der Waals surface area contributed by atoms with E-state index in [-0.39, 0.29) is 30.2 Å². The summed E-state index contributed by atoms with van der Waals surface area (Å²) in [5, 5.41) is 22.8. The van der Waals surface area contributed by atoms with Gasteiger partial charge < -0.3 is 15.9 Å². The lowest BCUT2D eigenvalue weighted by Gasteiger charge is -2.52. The maximum Gasteiger partial charge on any atom is 0.235 e. The molecule has 2 unspecified atom stereocenters. The number of primary amides is 1. The number of benzene rings is 1. The third kappa shape index (κ3) is 4.00. The molecule has 11 heteroatoms. The van der Waals surface area contributed by atoms with E-state index >= 15 is 0 Å². The van der Waals surface area contributed by atoms with E-state index < -0.39 is 64.4 Å². The van der Waals surface area contributed by atoms with E-state index in [9.17, 15) is 34.2 Å². The molecule has 38 heavy (non-hydrogen) atoms. The number of fused-ring (bicyclic) bond motifs is 3. The maximum atomic E-state index is 13.8. The molecule has 1 aromatic carbocycles. The number of carbonyl (C=O) groups is 5. The van der Waals surface area contributed by atoms with Gasteiger partial charge in [-0.1, -0.05) is 18.5 Å². The molecule has 0 aliphatic heterocycles. The number of hydrogen-bond acceptors (Lipinski definition) is 9. The number of Topliss-reactive ketones (excluding diaryl/α,β-unsaturated/α-hetero) is 4. The number of carbonyl (C=O) groups excluding carboxylic acids is 5. The van der Waals surface area contributed by atoms with Gasteiger partial charge >= 0.3 is 0 Å². The zero-order valence-corrected chi connectivity index (χ0v) is 22.9. The Labute approximate surface area is 226 Å². The van der Waals surface area contributed by atoms with E-state index in [1.165, 1.54) is 11.0 Å². The second kappa shape index (κ2) is 9.82. The van der Waals surface area contributed by atoms with E-state index in [1.54, 1.807) is 14.1 Å². The molecule has 0 spiro atoms. The Bertz CT molecular complexity index is 1250. The average Bonchev–Trinajstić information content (AvgIpc) is 2.81. The Kier molecular flexibility index (Phi) is 7.33. The summed E-state index contributed by atoms with van der Waals surface area (Å²) in [6.07, 6.45) is 0.123. The summed E-state index contributed by atoms with van der Waals surface area (Å²) >= 11 is 6.79. The molecule has 4 N–H and O–H groups in total. The minimum Gasteiger partial charge on any atom is -0.507 e. The fourth-order valence-corrected chi connectivity index (χ4v) is 6.99. The number of halogens is 1. The molecule has 0 heterocycles. The minimum atomic E-state index is -2.74. The second-order valence-corrected chi connectivity index (χ2v) is 11.5. The summed E-state index contributed by atoms with van der Waals surface area (Å²) in [6.45, 7) is 7.26. The molecule has 2 fully saturated rings. The molecule has 4 rings (SSSR count). The Hall–Kier alpha value is -2.66. The topological polar surface area (TPSA) is 158 Å². The van der Waals surface area contributed by atoms with E-state index in [0.29, 0.717) is 22.7 Å². The molecule has 1 aromatic rings. The van der Waals surface area contributed by atoms with E-state index in [1.807, 2.05) is 20.8 Å². The van der Waals surface area contributed by atoms with Crippen molar-refractivity contribution in [3.8, 4) is 5.75 Å². The molecule has 206 valence electrons. The second-order valence-electron chi connectivity index (χ2n) is 11.2. The number of phenolic OH excluding ortho intramolecular Hbond substituents is 1. The lowest BCUT2D eigenvalue weighted by Crippen LogP contribution is -2.74. The number of amides is 1. The van der Waals surface area contributed by atoms with E-state index in [0.717, 1.165) is 6.54 Å². The fourth-order valence-electron chi connectivity index (χ4n) is 6.70. The molecule has 3 aliphatic rings. The van der Waals surface area contributed by atoms with Crippen molar-refractivity contribution >= 4 is 40.6 Å². The van der Waals surface area contributed by atoms with Crippen molar-refractivity contribution in [1.29, 1.82) is 0 Å². The summed E-state index contributed by atoms with van der Waals surface area (Å²) < 4.78 is 0. The van der Waals surface area contributed by atoms with Crippen molar-refractivity contribution in [2.75, 3.05) is 20.6 Å². The fraction of sp³-hybridized carbons (Fsp3) is 0.593. The molecule has 3 aliphatic carbocycles. The molecule has 0 radical (unpaired) electrons. The predicted molar refractivity (Wildman–Crippen MR) is 138 cm³/mol. The molecule has 6 atom stereocenters. The van der Waals surface area contributed by atoms with Crippen LogP contribution in [0.15, 0.2) is 6.07 Å². The monoisotopic (exact) mass is 547 g/mol. The highest BCUT2D eigenvalue weighted by molar-refractivity contribution is 6.34. The first-order chi connectivity index (χ1) is 17.7. The summed E-state index contributed by atoms with van der Waals surface area (Å²) in [7, 11) is 3.09. The largest absolute Gasteiger partial charge is 0.507 e. The van der Waals surface area contributed by atoms with Gasteiger partial charge in [-0.05, 0) is 70.4 Å². The number of aromatic hydroxyl groups is 1. The molecule has 10 nitrogen and oxygen atoms in total. The van der Waals surface area contributed by atoms with Gasteiger partial charge in [-0.15, -0.1) is 0 Å². The van der Waals surface area contributed by atoms with Crippen molar-refractivity contribution in [3.63, 3.8) is 0 Å². The average molecular weight is 548 g/mol. The standard InChI is InChI=1S/C27H34ClN3O7/c1-6-31(11(2)3)10-13-9-16(32)18-14(20(13)28)7-12-8-15-21(30(4)5)23(34)19(26(29)37)25(36)27(15,38)24(35)17(12)22(18)33/h9,11-12,15,17,19,21,32,38H,6-8,10H2,1-5H3,(H2,29,37)/t12-,15-,17?,19?,21-,27-/m0/s1. The highest BCUT2D eigenvalue weighted by Crippen LogP contribution is 2.51. The van der Waals surface area contributed by atoms with Crippen LogP contribution >= 0.6 is 11.6 Å². The third-order valence-electron chi connectivity index (χ3n) is 8.58. The van der Waals surface area contributed by atoms with Gasteiger partial charge in [-0.25, -0.2) is 0 Å². The first kappa shape index (κ1) is 28.4. The number of aliphatic hydroxyl groups is 1. The van der Waals surface area contributed by atoms with Gasteiger partial charge in [0.05, 0.1) is 17.5 Å². The van der Waals surface area contributed by atoms with Crippen LogP contribution < -0.4 is 5.73 Å². The van der Waals surface area contributed by atoms with Crippen LogP contribution in [0.1, 0.15) is 48.7 Å². The minimum absolute atomic E-state index is 0.0156. The molecular formula is C27H34ClN3O7. The zero-order valence-electron chi connectivity index (χ0n) is 22.2. The summed E-state index contributed by atoms with van der Waals surface area (Å²) in [5.74, 6) is -10.7. The molecule has 0 saturated heterocycles. The van der Waals surface area contributed by atoms with Crippen LogP contribution in [0.3, 0.4) is 0 Å². The van der Waals surface area contributed by atoms with Crippen LogP contribution in [-0.2, 0) is 32.1 Å². The summed E-state index contributed by atoms with van der Waals surface area (Å²) in [4.78, 5) is 69.6. The molecule has 0 aromatic heterocycles. The number of nitrogens with two attached hydrogens (primary N) is 1. The van der Waals surface area contributed by atoms with Gasteiger partial charge in [-0.3, -0.25) is 33.8 Å². The van der Waals surface area contributed by atoms with Crippen LogP contribution in [0.5, 0.6) is 5.75 Å². The molecule has 1 amide bonds. The van der Waals surface area contributed by atoms with Gasteiger partial charge in [0.25, 0.3) is 0 Å². The van der Waals surface area contributed by atoms with Gasteiger partial charge in [0.15, 0.2) is 34.7 Å². The van der Waals surface area contributed by atoms with Crippen LogP contribution in [0.25, 0.3) is 0 Å². The van der Waals surface area contributed by atoms with Crippen molar-refractivity contribution < 1.29 is 34.2 Å².